The molecule has 2 aliphatic rings. The van der Waals surface area contributed by atoms with Crippen LogP contribution in [0, 0.1) is 11.7 Å². The first kappa shape index (κ1) is 22.2. The molecule has 1 N–H and O–H groups in total. The van der Waals surface area contributed by atoms with Crippen LogP contribution in [0.1, 0.15) is 61.5 Å². The molecule has 0 radical (unpaired) electrons. The molecule has 1 aliphatic carbocycles. The zero-order valence-corrected chi connectivity index (χ0v) is 18.6. The zero-order valence-electron chi connectivity index (χ0n) is 18.6. The van der Waals surface area contributed by atoms with Crippen LogP contribution in [-0.4, -0.2) is 46.9 Å². The molecule has 2 aromatic rings. The number of nitrogens with one attached hydrogen (secondary N) is 1. The summed E-state index contributed by atoms with van der Waals surface area (Å²) >= 11 is 0. The smallest absolute Gasteiger partial charge is 0.266 e. The molecule has 6 nitrogen and oxygen atoms in total. The number of ether oxygens (including phenoxy) is 1. The van der Waals surface area contributed by atoms with Gasteiger partial charge in [-0.25, -0.2) is 4.39 Å². The summed E-state index contributed by atoms with van der Waals surface area (Å²) in [6.45, 7) is 5.41. The summed E-state index contributed by atoms with van der Waals surface area (Å²) in [5.41, 5.74) is 0.377. The predicted molar refractivity (Wildman–Crippen MR) is 119 cm³/mol. The third kappa shape index (κ3) is 5.44. The Kier molecular flexibility index (Phi) is 6.44. The molecule has 1 aromatic heterocycles. The van der Waals surface area contributed by atoms with Crippen LogP contribution in [0.25, 0.3) is 0 Å². The Bertz CT molecular complexity index is 955. The van der Waals surface area contributed by atoms with Gasteiger partial charge in [-0.15, -0.1) is 0 Å². The summed E-state index contributed by atoms with van der Waals surface area (Å²) in [7, 11) is 0. The largest absolute Gasteiger partial charge is 0.478 e. The maximum absolute atomic E-state index is 13.2. The molecular formula is C25H30FN3O3. The van der Waals surface area contributed by atoms with Gasteiger partial charge in [-0.1, -0.05) is 0 Å². The van der Waals surface area contributed by atoms with Crippen molar-refractivity contribution in [1.82, 2.24) is 15.2 Å². The number of hydrogen-bond acceptors (Lipinski definition) is 4. The molecule has 0 spiro atoms. The van der Waals surface area contributed by atoms with E-state index in [0.717, 1.165) is 25.1 Å². The summed E-state index contributed by atoms with van der Waals surface area (Å²) in [5, 5.41) is 2.95. The molecule has 170 valence electrons. The van der Waals surface area contributed by atoms with E-state index in [4.69, 9.17) is 4.74 Å². The van der Waals surface area contributed by atoms with Crippen molar-refractivity contribution in [3.63, 3.8) is 0 Å². The van der Waals surface area contributed by atoms with Crippen LogP contribution < -0.4 is 10.1 Å². The quantitative estimate of drug-likeness (QED) is 0.710. The molecule has 1 aliphatic heterocycles. The number of nitrogens with zero attached hydrogens (tertiary/aromatic N) is 2. The van der Waals surface area contributed by atoms with E-state index >= 15 is 0 Å². The molecule has 1 saturated carbocycles. The first-order valence-electron chi connectivity index (χ1n) is 11.3. The van der Waals surface area contributed by atoms with Gasteiger partial charge in [0.2, 0.25) is 0 Å². The minimum absolute atomic E-state index is 0.0870. The van der Waals surface area contributed by atoms with Gasteiger partial charge in [-0.3, -0.25) is 14.6 Å². The topological polar surface area (TPSA) is 71.5 Å². The van der Waals surface area contributed by atoms with Crippen molar-refractivity contribution in [2.24, 2.45) is 5.92 Å². The van der Waals surface area contributed by atoms with Crippen LogP contribution in [0.15, 0.2) is 42.6 Å². The maximum Gasteiger partial charge on any atom is 0.266 e. The van der Waals surface area contributed by atoms with Crippen LogP contribution >= 0.6 is 0 Å². The lowest BCUT2D eigenvalue weighted by Crippen LogP contribution is -2.51. The van der Waals surface area contributed by atoms with Gasteiger partial charge < -0.3 is 15.0 Å². The Morgan fingerprint density at radius 1 is 1.16 bits per heavy atom. The first-order valence-corrected chi connectivity index (χ1v) is 11.3. The monoisotopic (exact) mass is 439 g/mol. The Hall–Kier alpha value is -2.96. The SMILES string of the molecule is CC(C)(Oc1ccc(F)cc1)C(=O)N1CCCC(c2ccc(C(=O)NCC3CC3)cn2)C1. The van der Waals surface area contributed by atoms with E-state index in [1.807, 2.05) is 17.0 Å². The lowest BCUT2D eigenvalue weighted by Gasteiger charge is -2.37. The Morgan fingerprint density at radius 3 is 2.56 bits per heavy atom. The molecule has 32 heavy (non-hydrogen) atoms. The first-order chi connectivity index (χ1) is 15.3. The Balaban J connectivity index is 1.37. The number of rotatable bonds is 7. The molecule has 2 heterocycles. The van der Waals surface area contributed by atoms with Crippen LogP contribution in [0.5, 0.6) is 5.75 Å². The molecule has 0 bridgehead atoms. The summed E-state index contributed by atoms with van der Waals surface area (Å²) in [6, 6.07) is 9.38. The molecule has 1 saturated heterocycles. The number of likely N-dealkylation sites (tertiary alicyclic amines) is 1. The number of hydrogen-bond donors (Lipinski definition) is 1. The van der Waals surface area contributed by atoms with E-state index in [1.165, 1.54) is 37.1 Å². The maximum atomic E-state index is 13.2. The average molecular weight is 440 g/mol. The fourth-order valence-electron chi connectivity index (χ4n) is 4.07. The second-order valence-electron chi connectivity index (χ2n) is 9.28. The highest BCUT2D eigenvalue weighted by Crippen LogP contribution is 2.29. The van der Waals surface area contributed by atoms with E-state index in [1.54, 1.807) is 20.0 Å². The fraction of sp³-hybridized carbons (Fsp3) is 0.480. The fourth-order valence-corrected chi connectivity index (χ4v) is 4.07. The van der Waals surface area contributed by atoms with Crippen LogP contribution in [-0.2, 0) is 4.79 Å². The summed E-state index contributed by atoms with van der Waals surface area (Å²) in [5.74, 6) is 0.652. The minimum atomic E-state index is -1.07. The molecule has 1 unspecified atom stereocenters. The summed E-state index contributed by atoms with van der Waals surface area (Å²) in [6.07, 6.45) is 5.82. The number of amides is 2. The van der Waals surface area contributed by atoms with Gasteiger partial charge in [0.15, 0.2) is 5.60 Å². The van der Waals surface area contributed by atoms with Crippen molar-refractivity contribution >= 4 is 11.8 Å². The Labute approximate surface area is 188 Å². The molecule has 4 rings (SSSR count). The number of carbonyl (C=O) groups is 2. The molecule has 7 heteroatoms. The number of pyridine rings is 1. The average Bonchev–Trinajstić information content (AvgIpc) is 3.63. The summed E-state index contributed by atoms with van der Waals surface area (Å²) < 4.78 is 19.0. The van der Waals surface area contributed by atoms with E-state index in [2.05, 4.69) is 10.3 Å². The lowest BCUT2D eigenvalue weighted by molar-refractivity contribution is -0.146. The van der Waals surface area contributed by atoms with Crippen molar-refractivity contribution in [1.29, 1.82) is 0 Å². The van der Waals surface area contributed by atoms with Gasteiger partial charge in [-0.05, 0) is 81.8 Å². The van der Waals surface area contributed by atoms with Gasteiger partial charge in [0.1, 0.15) is 11.6 Å². The standard InChI is InChI=1S/C25H30FN3O3/c1-25(2,32-21-10-8-20(26)9-11-21)24(31)29-13-3-4-19(16-29)22-12-7-18(15-27-22)23(30)28-14-17-5-6-17/h7-12,15,17,19H,3-6,13-14,16H2,1-2H3,(H,28,30). The molecule has 2 amide bonds. The number of halogens is 1. The zero-order chi connectivity index (χ0) is 22.7. The highest BCUT2D eigenvalue weighted by atomic mass is 19.1. The van der Waals surface area contributed by atoms with Gasteiger partial charge in [-0.2, -0.15) is 0 Å². The van der Waals surface area contributed by atoms with Gasteiger partial charge in [0.25, 0.3) is 11.8 Å². The van der Waals surface area contributed by atoms with Crippen molar-refractivity contribution in [3.05, 3.63) is 59.7 Å². The molecular weight excluding hydrogens is 409 g/mol. The summed E-state index contributed by atoms with van der Waals surface area (Å²) in [4.78, 5) is 31.8. The highest BCUT2D eigenvalue weighted by molar-refractivity contribution is 5.93. The van der Waals surface area contributed by atoms with Crippen molar-refractivity contribution in [2.45, 2.75) is 51.0 Å². The Morgan fingerprint density at radius 2 is 1.91 bits per heavy atom. The highest BCUT2D eigenvalue weighted by Gasteiger charge is 2.37. The number of aromatic nitrogens is 1. The third-order valence-electron chi connectivity index (χ3n) is 6.13. The van der Waals surface area contributed by atoms with Gasteiger partial charge in [0.05, 0.1) is 5.56 Å². The normalized spacial score (nSPS) is 18.8. The van der Waals surface area contributed by atoms with Crippen molar-refractivity contribution in [2.75, 3.05) is 19.6 Å². The molecule has 1 atom stereocenters. The second kappa shape index (κ2) is 9.27. The minimum Gasteiger partial charge on any atom is -0.478 e. The molecule has 2 fully saturated rings. The van der Waals surface area contributed by atoms with E-state index in [9.17, 15) is 14.0 Å². The van der Waals surface area contributed by atoms with E-state index < -0.39 is 5.60 Å². The van der Waals surface area contributed by atoms with Crippen LogP contribution in [0.2, 0.25) is 0 Å². The van der Waals surface area contributed by atoms with E-state index in [0.29, 0.717) is 30.3 Å². The van der Waals surface area contributed by atoms with Gasteiger partial charge in [0, 0.05) is 37.4 Å². The number of benzene rings is 1. The number of carbonyl (C=O) groups excluding carboxylic acids is 2. The predicted octanol–water partition coefficient (Wildman–Crippen LogP) is 3.92. The lowest BCUT2D eigenvalue weighted by atomic mass is 9.92. The van der Waals surface area contributed by atoms with Crippen molar-refractivity contribution in [3.8, 4) is 5.75 Å². The van der Waals surface area contributed by atoms with Crippen LogP contribution in [0.3, 0.4) is 0 Å². The van der Waals surface area contributed by atoms with Crippen LogP contribution in [0.4, 0.5) is 4.39 Å². The van der Waals surface area contributed by atoms with Crippen molar-refractivity contribution < 1.29 is 18.7 Å². The van der Waals surface area contributed by atoms with Gasteiger partial charge >= 0.3 is 0 Å². The van der Waals surface area contributed by atoms with E-state index in [-0.39, 0.29) is 23.5 Å². The number of piperidine rings is 1. The second-order valence-corrected chi connectivity index (χ2v) is 9.28. The third-order valence-corrected chi connectivity index (χ3v) is 6.13. The molecule has 1 aromatic carbocycles.